The third kappa shape index (κ3) is 8.14. The Balaban J connectivity index is 2.80. The van der Waals surface area contributed by atoms with Gasteiger partial charge in [0.25, 0.3) is 0 Å². The lowest BCUT2D eigenvalue weighted by molar-refractivity contribution is -0.205. The van der Waals surface area contributed by atoms with Crippen molar-refractivity contribution in [1.29, 1.82) is 0 Å². The molecular formula is C12H23NO10S3. The Bertz CT molecular complexity index is 596. The predicted molar refractivity (Wildman–Crippen MR) is 94.2 cm³/mol. The second kappa shape index (κ2) is 10.9. The highest BCUT2D eigenvalue weighted by Gasteiger charge is 2.44. The van der Waals surface area contributed by atoms with Crippen LogP contribution in [0.1, 0.15) is 19.3 Å². The number of thioether (sulfide) groups is 1. The maximum atomic E-state index is 11.1. The van der Waals surface area contributed by atoms with Crippen LogP contribution < -0.4 is 0 Å². The number of unbranched alkanes of at least 4 members (excludes halogenated alkanes) is 1. The minimum Gasteiger partial charge on any atom is -0.394 e. The SMILES string of the molecule is C[S@@](=O)CCCC/C(=N/OS(=O)(=O)O)S[C@@H]1OC(CO)[C@@H](O)[C@H](O)C1O. The molecule has 0 spiro atoms. The Labute approximate surface area is 157 Å². The Morgan fingerprint density at radius 2 is 1.88 bits per heavy atom. The van der Waals surface area contributed by atoms with Crippen molar-refractivity contribution in [2.24, 2.45) is 5.16 Å². The minimum atomic E-state index is -4.83. The van der Waals surface area contributed by atoms with Crippen LogP contribution in [0.3, 0.4) is 0 Å². The zero-order chi connectivity index (χ0) is 19.9. The van der Waals surface area contributed by atoms with E-state index in [2.05, 4.69) is 9.44 Å². The molecule has 0 bridgehead atoms. The van der Waals surface area contributed by atoms with Gasteiger partial charge in [-0.2, -0.15) is 8.42 Å². The lowest BCUT2D eigenvalue weighted by atomic mass is 10.0. The van der Waals surface area contributed by atoms with Crippen LogP contribution in [0.4, 0.5) is 0 Å². The average molecular weight is 438 g/mol. The molecule has 0 saturated carbocycles. The Hall–Kier alpha value is -0.320. The van der Waals surface area contributed by atoms with Gasteiger partial charge in [0.15, 0.2) is 0 Å². The zero-order valence-electron chi connectivity index (χ0n) is 13.9. The fourth-order valence-electron chi connectivity index (χ4n) is 2.10. The Morgan fingerprint density at radius 1 is 1.23 bits per heavy atom. The molecule has 26 heavy (non-hydrogen) atoms. The number of hydrogen-bond acceptors (Lipinski definition) is 11. The number of nitrogens with zero attached hydrogens (tertiary/aromatic N) is 1. The highest BCUT2D eigenvalue weighted by Crippen LogP contribution is 2.30. The van der Waals surface area contributed by atoms with Crippen molar-refractivity contribution in [2.45, 2.75) is 49.1 Å². The van der Waals surface area contributed by atoms with E-state index >= 15 is 0 Å². The fourth-order valence-corrected chi connectivity index (χ4v) is 4.05. The Kier molecular flexibility index (Phi) is 9.92. The predicted octanol–water partition coefficient (Wildman–Crippen LogP) is -1.80. The van der Waals surface area contributed by atoms with E-state index in [-0.39, 0.29) is 11.5 Å². The van der Waals surface area contributed by atoms with Gasteiger partial charge in [-0.1, -0.05) is 16.9 Å². The van der Waals surface area contributed by atoms with Crippen molar-refractivity contribution in [3.05, 3.63) is 0 Å². The number of aliphatic hydroxyl groups excluding tert-OH is 4. The molecule has 1 fully saturated rings. The first-order chi connectivity index (χ1) is 12.0. The van der Waals surface area contributed by atoms with Crippen molar-refractivity contribution in [3.63, 3.8) is 0 Å². The first kappa shape index (κ1) is 23.7. The molecule has 1 rings (SSSR count). The van der Waals surface area contributed by atoms with Gasteiger partial charge in [0.2, 0.25) is 0 Å². The summed E-state index contributed by atoms with van der Waals surface area (Å²) >= 11 is 0.717. The molecule has 0 aromatic carbocycles. The van der Waals surface area contributed by atoms with E-state index in [0.29, 0.717) is 18.6 Å². The van der Waals surface area contributed by atoms with Crippen molar-refractivity contribution in [2.75, 3.05) is 18.6 Å². The van der Waals surface area contributed by atoms with E-state index in [1.54, 1.807) is 6.26 Å². The summed E-state index contributed by atoms with van der Waals surface area (Å²) in [6.45, 7) is -0.613. The van der Waals surface area contributed by atoms with E-state index in [0.717, 1.165) is 11.8 Å². The highest BCUT2D eigenvalue weighted by atomic mass is 32.3. The summed E-state index contributed by atoms with van der Waals surface area (Å²) < 4.78 is 50.4. The summed E-state index contributed by atoms with van der Waals surface area (Å²) in [6, 6.07) is 0. The van der Waals surface area contributed by atoms with Crippen LogP contribution in [0, 0.1) is 0 Å². The number of rotatable bonds is 9. The first-order valence-electron chi connectivity index (χ1n) is 7.55. The van der Waals surface area contributed by atoms with E-state index in [1.807, 2.05) is 0 Å². The molecule has 0 aromatic heterocycles. The molecular weight excluding hydrogens is 414 g/mol. The van der Waals surface area contributed by atoms with Gasteiger partial charge in [-0.15, -0.1) is 0 Å². The second-order valence-electron chi connectivity index (χ2n) is 5.54. The summed E-state index contributed by atoms with van der Waals surface area (Å²) in [6.07, 6.45) is -3.09. The largest absolute Gasteiger partial charge is 0.466 e. The van der Waals surface area contributed by atoms with Crippen LogP contribution in [-0.4, -0.2) is 91.1 Å². The van der Waals surface area contributed by atoms with Gasteiger partial charge in [-0.3, -0.25) is 8.76 Å². The standard InChI is InChI=1S/C12H23NO10S3/c1-25(18)5-3-2-4-8(13-23-26(19,20)21)24-12-11(17)10(16)9(15)7(6-14)22-12/h7,9-12,14-17H,2-6H2,1H3,(H,19,20,21)/b13-8-/t7?,9-,10+,11?,12+,25-/m1/s1. The average Bonchev–Trinajstić information content (AvgIpc) is 2.55. The van der Waals surface area contributed by atoms with E-state index in [9.17, 15) is 27.9 Å². The zero-order valence-corrected chi connectivity index (χ0v) is 16.3. The lowest BCUT2D eigenvalue weighted by Gasteiger charge is -2.39. The minimum absolute atomic E-state index is 0.0221. The molecule has 5 N–H and O–H groups in total. The fraction of sp³-hybridized carbons (Fsp3) is 0.917. The molecule has 2 unspecified atom stereocenters. The van der Waals surface area contributed by atoms with Crippen LogP contribution in [0.5, 0.6) is 0 Å². The number of oxime groups is 1. The quantitative estimate of drug-likeness (QED) is 0.0901. The Morgan fingerprint density at radius 3 is 2.42 bits per heavy atom. The van der Waals surface area contributed by atoms with Crippen LogP contribution >= 0.6 is 11.8 Å². The van der Waals surface area contributed by atoms with Gasteiger partial charge in [0, 0.05) is 22.8 Å². The third-order valence-electron chi connectivity index (χ3n) is 3.41. The summed E-state index contributed by atoms with van der Waals surface area (Å²) in [7, 11) is -5.83. The summed E-state index contributed by atoms with van der Waals surface area (Å²) in [5, 5.41) is 42.0. The molecule has 0 aliphatic carbocycles. The van der Waals surface area contributed by atoms with Crippen LogP contribution in [0.25, 0.3) is 0 Å². The molecule has 6 atom stereocenters. The third-order valence-corrected chi connectivity index (χ3v) is 5.71. The van der Waals surface area contributed by atoms with Gasteiger partial charge in [-0.25, -0.2) is 4.28 Å². The maximum absolute atomic E-state index is 11.1. The molecule has 1 saturated heterocycles. The number of ether oxygens (including phenoxy) is 1. The molecule has 0 radical (unpaired) electrons. The molecule has 14 heteroatoms. The van der Waals surface area contributed by atoms with Crippen molar-refractivity contribution in [1.82, 2.24) is 0 Å². The molecule has 1 aliphatic heterocycles. The normalized spacial score (nSPS) is 31.6. The summed E-state index contributed by atoms with van der Waals surface area (Å²) in [5.74, 6) is 0.428. The molecule has 154 valence electrons. The van der Waals surface area contributed by atoms with Gasteiger partial charge in [-0.05, 0) is 19.3 Å². The van der Waals surface area contributed by atoms with Gasteiger partial charge < -0.3 is 25.2 Å². The second-order valence-corrected chi connectivity index (χ2v) is 9.27. The summed E-state index contributed by atoms with van der Waals surface area (Å²) in [5.41, 5.74) is -1.17. The number of hydrogen-bond donors (Lipinski definition) is 5. The monoisotopic (exact) mass is 437 g/mol. The van der Waals surface area contributed by atoms with Crippen LogP contribution in [0.2, 0.25) is 0 Å². The molecule has 0 amide bonds. The topological polar surface area (TPSA) is 183 Å². The van der Waals surface area contributed by atoms with E-state index in [1.165, 1.54) is 0 Å². The summed E-state index contributed by atoms with van der Waals surface area (Å²) in [4.78, 5) is 0. The van der Waals surface area contributed by atoms with E-state index in [4.69, 9.17) is 14.4 Å². The van der Waals surface area contributed by atoms with Crippen LogP contribution in [0.15, 0.2) is 5.16 Å². The van der Waals surface area contributed by atoms with Crippen molar-refractivity contribution < 1.29 is 46.6 Å². The van der Waals surface area contributed by atoms with Gasteiger partial charge in [0.05, 0.1) is 6.61 Å². The molecule has 0 aromatic rings. The lowest BCUT2D eigenvalue weighted by Crippen LogP contribution is -2.57. The molecule has 1 heterocycles. The van der Waals surface area contributed by atoms with Crippen molar-refractivity contribution >= 4 is 38.0 Å². The highest BCUT2D eigenvalue weighted by molar-refractivity contribution is 8.14. The maximum Gasteiger partial charge on any atom is 0.466 e. The van der Waals surface area contributed by atoms with E-state index < -0.39 is 57.7 Å². The van der Waals surface area contributed by atoms with Gasteiger partial charge >= 0.3 is 10.4 Å². The smallest absolute Gasteiger partial charge is 0.394 e. The first-order valence-corrected chi connectivity index (χ1v) is 11.5. The van der Waals surface area contributed by atoms with Crippen molar-refractivity contribution in [3.8, 4) is 0 Å². The molecule has 11 nitrogen and oxygen atoms in total. The van der Waals surface area contributed by atoms with Crippen LogP contribution in [-0.2, 0) is 30.2 Å². The molecule has 1 aliphatic rings. The number of aliphatic hydroxyl groups is 4. The van der Waals surface area contributed by atoms with Gasteiger partial charge in [0.1, 0.15) is 34.9 Å².